The fraction of sp³-hybridized carbons (Fsp3) is 0.719. The van der Waals surface area contributed by atoms with Gasteiger partial charge >= 0.3 is 6.09 Å². The number of carbonyl (C=O) groups is 3. The smallest absolute Gasteiger partial charge is 0.408 e. The van der Waals surface area contributed by atoms with Crippen LogP contribution in [-0.2, 0) is 14.3 Å². The van der Waals surface area contributed by atoms with E-state index in [0.717, 1.165) is 48.8 Å². The van der Waals surface area contributed by atoms with Crippen molar-refractivity contribution in [1.82, 2.24) is 15.5 Å². The maximum absolute atomic E-state index is 14.4. The highest BCUT2D eigenvalue weighted by atomic mass is 16.6. The van der Waals surface area contributed by atoms with Gasteiger partial charge in [-0.15, -0.1) is 0 Å². The first kappa shape index (κ1) is 34.5. The van der Waals surface area contributed by atoms with Gasteiger partial charge in [0.15, 0.2) is 0 Å². The molecule has 39 heavy (non-hydrogen) atoms. The van der Waals surface area contributed by atoms with Crippen LogP contribution in [0.2, 0.25) is 0 Å². The molecule has 2 atom stereocenters. The predicted molar refractivity (Wildman–Crippen MR) is 160 cm³/mol. The van der Waals surface area contributed by atoms with Crippen LogP contribution in [0.25, 0.3) is 0 Å². The highest BCUT2D eigenvalue weighted by Crippen LogP contribution is 2.30. The molecule has 0 saturated carbocycles. The summed E-state index contributed by atoms with van der Waals surface area (Å²) in [5.41, 5.74) is 1.57. The third-order valence-corrected chi connectivity index (χ3v) is 6.36. The second kappa shape index (κ2) is 15.3. The van der Waals surface area contributed by atoms with Gasteiger partial charge in [0.05, 0.1) is 0 Å². The molecule has 0 heterocycles. The third kappa shape index (κ3) is 12.4. The lowest BCUT2D eigenvalue weighted by molar-refractivity contribution is -0.143. The molecule has 222 valence electrons. The van der Waals surface area contributed by atoms with E-state index < -0.39 is 29.3 Å². The first-order valence-electron chi connectivity index (χ1n) is 14.6. The van der Waals surface area contributed by atoms with Crippen LogP contribution in [0.5, 0.6) is 0 Å². The van der Waals surface area contributed by atoms with Gasteiger partial charge in [-0.25, -0.2) is 4.79 Å². The average molecular weight is 546 g/mol. The Kier molecular flexibility index (Phi) is 13.5. The molecular weight excluding hydrogens is 490 g/mol. The average Bonchev–Trinajstić information content (AvgIpc) is 2.76. The van der Waals surface area contributed by atoms with Crippen LogP contribution < -0.4 is 10.6 Å². The Morgan fingerprint density at radius 3 is 1.97 bits per heavy atom. The van der Waals surface area contributed by atoms with Crippen LogP contribution in [-0.4, -0.2) is 46.5 Å². The van der Waals surface area contributed by atoms with E-state index >= 15 is 0 Å². The van der Waals surface area contributed by atoms with Crippen molar-refractivity contribution in [1.29, 1.82) is 0 Å². The number of nitrogens with zero attached hydrogens (tertiary/aromatic N) is 1. The van der Waals surface area contributed by atoms with Crippen LogP contribution in [0.15, 0.2) is 18.2 Å². The minimum atomic E-state index is -0.820. The number of aryl methyl sites for hydroxylation is 2. The molecule has 1 rings (SSSR count). The van der Waals surface area contributed by atoms with E-state index in [0.29, 0.717) is 13.0 Å². The molecule has 0 aromatic heterocycles. The quantitative estimate of drug-likeness (QED) is 0.261. The van der Waals surface area contributed by atoms with Crippen molar-refractivity contribution in [2.24, 2.45) is 5.92 Å². The Morgan fingerprint density at radius 1 is 0.923 bits per heavy atom. The Bertz CT molecular complexity index is 923. The Hall–Kier alpha value is -2.57. The molecule has 0 saturated heterocycles. The van der Waals surface area contributed by atoms with E-state index in [9.17, 15) is 14.4 Å². The summed E-state index contributed by atoms with van der Waals surface area (Å²) in [5.74, 6) is -0.341. The van der Waals surface area contributed by atoms with Crippen LogP contribution in [0.4, 0.5) is 4.79 Å². The van der Waals surface area contributed by atoms with Crippen molar-refractivity contribution < 1.29 is 19.1 Å². The Morgan fingerprint density at radius 2 is 1.49 bits per heavy atom. The summed E-state index contributed by atoms with van der Waals surface area (Å²) in [7, 11) is 0. The zero-order chi connectivity index (χ0) is 30.0. The van der Waals surface area contributed by atoms with E-state index in [1.807, 2.05) is 66.7 Å². The molecule has 0 aliphatic heterocycles. The molecule has 7 nitrogen and oxygen atoms in total. The highest BCUT2D eigenvalue weighted by Gasteiger charge is 2.38. The third-order valence-electron chi connectivity index (χ3n) is 6.36. The van der Waals surface area contributed by atoms with Crippen LogP contribution >= 0.6 is 0 Å². The van der Waals surface area contributed by atoms with Gasteiger partial charge in [-0.1, -0.05) is 64.7 Å². The molecule has 1 aromatic carbocycles. The molecule has 0 spiro atoms. The van der Waals surface area contributed by atoms with Crippen LogP contribution in [0.1, 0.15) is 124 Å². The zero-order valence-corrected chi connectivity index (χ0v) is 26.5. The molecule has 0 aliphatic carbocycles. The van der Waals surface area contributed by atoms with E-state index in [1.54, 1.807) is 25.7 Å². The molecule has 0 bridgehead atoms. The van der Waals surface area contributed by atoms with Crippen molar-refractivity contribution in [2.75, 3.05) is 6.54 Å². The lowest BCUT2D eigenvalue weighted by Crippen LogP contribution is -2.55. The Balaban J connectivity index is 3.61. The van der Waals surface area contributed by atoms with Crippen molar-refractivity contribution in [2.45, 2.75) is 138 Å². The molecular formula is C32H55N3O4. The van der Waals surface area contributed by atoms with Gasteiger partial charge in [0.2, 0.25) is 11.8 Å². The SMILES string of the molecule is CCCCCCCN(C(=O)C(CC(C)C)NC(=O)OC(C)(C)C)C(C(=O)NC(C)(C)C)c1c(C)cccc1C. The number of unbranched alkanes of at least 4 members (excludes halogenated alkanes) is 4. The van der Waals surface area contributed by atoms with Crippen LogP contribution in [0, 0.1) is 19.8 Å². The minimum absolute atomic E-state index is 0.141. The van der Waals surface area contributed by atoms with Gasteiger partial charge in [0.25, 0.3) is 0 Å². The van der Waals surface area contributed by atoms with Gasteiger partial charge in [-0.3, -0.25) is 9.59 Å². The molecule has 0 radical (unpaired) electrons. The van der Waals surface area contributed by atoms with Crippen molar-refractivity contribution >= 4 is 17.9 Å². The Labute approximate surface area is 237 Å². The van der Waals surface area contributed by atoms with E-state index in [2.05, 4.69) is 17.6 Å². The molecule has 2 N–H and O–H groups in total. The van der Waals surface area contributed by atoms with Gasteiger partial charge in [-0.2, -0.15) is 0 Å². The molecule has 2 unspecified atom stereocenters. The summed E-state index contributed by atoms with van der Waals surface area (Å²) < 4.78 is 5.50. The second-order valence-corrected chi connectivity index (χ2v) is 13.2. The van der Waals surface area contributed by atoms with E-state index in [1.165, 1.54) is 0 Å². The van der Waals surface area contributed by atoms with Gasteiger partial charge in [0.1, 0.15) is 17.7 Å². The standard InChI is InChI=1S/C32H55N3O4/c1-12-13-14-15-16-20-35(29(37)25(21-22(2)3)33-30(38)39-32(9,10)11)27(28(36)34-31(6,7)8)26-23(4)18-17-19-24(26)5/h17-19,22,25,27H,12-16,20-21H2,1-11H3,(H,33,38)(H,34,36). The molecule has 0 aliphatic rings. The summed E-state index contributed by atoms with van der Waals surface area (Å²) >= 11 is 0. The molecule has 3 amide bonds. The van der Waals surface area contributed by atoms with Crippen LogP contribution in [0.3, 0.4) is 0 Å². The van der Waals surface area contributed by atoms with Crippen molar-refractivity contribution in [3.63, 3.8) is 0 Å². The zero-order valence-electron chi connectivity index (χ0n) is 26.5. The normalized spacial score (nSPS) is 13.5. The lowest BCUT2D eigenvalue weighted by Gasteiger charge is -2.37. The summed E-state index contributed by atoms with van der Waals surface area (Å²) in [6, 6.07) is 4.29. The number of nitrogens with one attached hydrogen (secondary N) is 2. The number of hydrogen-bond acceptors (Lipinski definition) is 4. The number of hydrogen-bond donors (Lipinski definition) is 2. The fourth-order valence-corrected chi connectivity index (χ4v) is 4.72. The summed E-state index contributed by atoms with van der Waals surface area (Å²) in [6.45, 7) is 21.8. The predicted octanol–water partition coefficient (Wildman–Crippen LogP) is 7.00. The first-order valence-corrected chi connectivity index (χ1v) is 14.6. The number of ether oxygens (including phenoxy) is 1. The summed E-state index contributed by atoms with van der Waals surface area (Å²) in [5, 5.41) is 5.96. The maximum Gasteiger partial charge on any atom is 0.408 e. The largest absolute Gasteiger partial charge is 0.444 e. The highest BCUT2D eigenvalue weighted by molar-refractivity contribution is 5.92. The molecule has 1 aromatic rings. The minimum Gasteiger partial charge on any atom is -0.444 e. The number of carbonyl (C=O) groups excluding carboxylic acids is 3. The number of benzene rings is 1. The number of amides is 3. The van der Waals surface area contributed by atoms with Crippen molar-refractivity contribution in [3.05, 3.63) is 34.9 Å². The summed E-state index contributed by atoms with van der Waals surface area (Å²) in [6.07, 6.45) is 4.87. The van der Waals surface area contributed by atoms with Gasteiger partial charge in [-0.05, 0) is 90.8 Å². The van der Waals surface area contributed by atoms with E-state index in [4.69, 9.17) is 4.74 Å². The van der Waals surface area contributed by atoms with Gasteiger partial charge < -0.3 is 20.3 Å². The first-order chi connectivity index (χ1) is 18.0. The fourth-order valence-electron chi connectivity index (χ4n) is 4.72. The van der Waals surface area contributed by atoms with Crippen molar-refractivity contribution in [3.8, 4) is 0 Å². The number of rotatable bonds is 13. The topological polar surface area (TPSA) is 87.7 Å². The monoisotopic (exact) mass is 545 g/mol. The second-order valence-electron chi connectivity index (χ2n) is 13.2. The molecule has 7 heteroatoms. The van der Waals surface area contributed by atoms with E-state index in [-0.39, 0.29) is 17.7 Å². The maximum atomic E-state index is 14.4. The molecule has 0 fully saturated rings. The lowest BCUT2D eigenvalue weighted by atomic mass is 9.92. The number of alkyl carbamates (subject to hydrolysis) is 1. The summed E-state index contributed by atoms with van der Waals surface area (Å²) in [4.78, 5) is 42.9. The van der Waals surface area contributed by atoms with Gasteiger partial charge in [0, 0.05) is 12.1 Å².